The average Bonchev–Trinajstić information content (AvgIpc) is 2.55. The molecule has 24 heavy (non-hydrogen) atoms. The lowest BCUT2D eigenvalue weighted by atomic mass is 10.1. The fourth-order valence-electron chi connectivity index (χ4n) is 2.19. The first-order valence-corrected chi connectivity index (χ1v) is 9.54. The fraction of sp³-hybridized carbons (Fsp3) is 0.235. The molecule has 0 aromatic heterocycles. The molecule has 1 atom stereocenters. The lowest BCUT2D eigenvalue weighted by Crippen LogP contribution is -2.27. The third-order valence-corrected chi connectivity index (χ3v) is 6.13. The Morgan fingerprint density at radius 3 is 2.42 bits per heavy atom. The van der Waals surface area contributed by atoms with Gasteiger partial charge in [-0.05, 0) is 36.8 Å². The van der Waals surface area contributed by atoms with Crippen molar-refractivity contribution in [2.45, 2.75) is 17.9 Å². The molecule has 0 saturated heterocycles. The number of sulfonamides is 1. The molecule has 5 nitrogen and oxygen atoms in total. The molecule has 2 aromatic carbocycles. The van der Waals surface area contributed by atoms with E-state index in [1.165, 1.54) is 26.2 Å². The van der Waals surface area contributed by atoms with Gasteiger partial charge in [0, 0.05) is 24.1 Å². The summed E-state index contributed by atoms with van der Waals surface area (Å²) in [5.41, 5.74) is 1.25. The molecule has 0 spiro atoms. The topological polar surface area (TPSA) is 66.5 Å². The van der Waals surface area contributed by atoms with Gasteiger partial charge in [0.25, 0.3) is 5.91 Å². The van der Waals surface area contributed by atoms with Crippen LogP contribution in [-0.2, 0) is 10.0 Å². The molecule has 0 radical (unpaired) electrons. The van der Waals surface area contributed by atoms with E-state index < -0.39 is 10.0 Å². The molecular formula is C17H19BrN2O3S. The van der Waals surface area contributed by atoms with Crippen LogP contribution < -0.4 is 5.32 Å². The number of amides is 1. The minimum absolute atomic E-state index is 0.0914. The number of hydrogen-bond acceptors (Lipinski definition) is 3. The highest BCUT2D eigenvalue weighted by atomic mass is 79.9. The van der Waals surface area contributed by atoms with Gasteiger partial charge in [-0.25, -0.2) is 12.7 Å². The monoisotopic (exact) mass is 410 g/mol. The van der Waals surface area contributed by atoms with Crippen molar-refractivity contribution in [2.24, 2.45) is 0 Å². The number of rotatable bonds is 5. The fourth-order valence-corrected chi connectivity index (χ4v) is 3.77. The van der Waals surface area contributed by atoms with Gasteiger partial charge in [0.1, 0.15) is 0 Å². The van der Waals surface area contributed by atoms with Crippen LogP contribution in [0.5, 0.6) is 0 Å². The smallest absolute Gasteiger partial charge is 0.251 e. The molecule has 0 aliphatic rings. The van der Waals surface area contributed by atoms with Gasteiger partial charge < -0.3 is 5.32 Å². The number of halogens is 1. The van der Waals surface area contributed by atoms with E-state index in [0.29, 0.717) is 5.56 Å². The second-order valence-electron chi connectivity index (χ2n) is 5.53. The molecule has 1 N–H and O–H groups in total. The third-order valence-electron chi connectivity index (χ3n) is 3.59. The summed E-state index contributed by atoms with van der Waals surface area (Å²) < 4.78 is 26.4. The minimum atomic E-state index is -3.57. The second-order valence-corrected chi connectivity index (χ2v) is 8.54. The highest BCUT2D eigenvalue weighted by molar-refractivity contribution is 9.10. The molecular weight excluding hydrogens is 392 g/mol. The van der Waals surface area contributed by atoms with E-state index in [1.54, 1.807) is 12.1 Å². The summed E-state index contributed by atoms with van der Waals surface area (Å²) in [5, 5.41) is 2.88. The zero-order valence-corrected chi connectivity index (χ0v) is 16.1. The first-order chi connectivity index (χ1) is 11.2. The summed E-state index contributed by atoms with van der Waals surface area (Å²) >= 11 is 3.46. The van der Waals surface area contributed by atoms with Crippen molar-refractivity contribution >= 4 is 31.9 Å². The zero-order valence-electron chi connectivity index (χ0n) is 13.7. The van der Waals surface area contributed by atoms with E-state index in [2.05, 4.69) is 21.2 Å². The molecule has 128 valence electrons. The summed E-state index contributed by atoms with van der Waals surface area (Å²) in [6.45, 7) is 1.87. The molecule has 0 aliphatic heterocycles. The number of carbonyl (C=O) groups is 1. The minimum Gasteiger partial charge on any atom is -0.345 e. The van der Waals surface area contributed by atoms with Crippen LogP contribution >= 0.6 is 15.9 Å². The van der Waals surface area contributed by atoms with Crippen LogP contribution in [0.1, 0.15) is 28.9 Å². The SMILES string of the molecule is C[C@@H](NC(=O)c1cccc(S(=O)(=O)N(C)C)c1)c1ccccc1Br. The predicted octanol–water partition coefficient (Wildman–Crippen LogP) is 3.19. The Bertz CT molecular complexity index is 850. The first kappa shape index (κ1) is 18.6. The first-order valence-electron chi connectivity index (χ1n) is 7.31. The van der Waals surface area contributed by atoms with Crippen LogP contribution in [0.4, 0.5) is 0 Å². The van der Waals surface area contributed by atoms with Crippen LogP contribution in [0.3, 0.4) is 0 Å². The molecule has 0 bridgehead atoms. The van der Waals surface area contributed by atoms with E-state index in [-0.39, 0.29) is 16.8 Å². The number of nitrogens with one attached hydrogen (secondary N) is 1. The molecule has 0 saturated carbocycles. The Hall–Kier alpha value is -1.70. The Morgan fingerprint density at radius 1 is 1.12 bits per heavy atom. The molecule has 2 aromatic rings. The Labute approximate surface area is 150 Å². The summed E-state index contributed by atoms with van der Waals surface area (Å²) in [5.74, 6) is -0.325. The summed E-state index contributed by atoms with van der Waals surface area (Å²) in [6.07, 6.45) is 0. The molecule has 0 heterocycles. The zero-order chi connectivity index (χ0) is 17.9. The van der Waals surface area contributed by atoms with E-state index in [1.807, 2.05) is 31.2 Å². The highest BCUT2D eigenvalue weighted by Crippen LogP contribution is 2.23. The number of nitrogens with zero attached hydrogens (tertiary/aromatic N) is 1. The predicted molar refractivity (Wildman–Crippen MR) is 97.3 cm³/mol. The maximum Gasteiger partial charge on any atom is 0.251 e. The van der Waals surface area contributed by atoms with Gasteiger partial charge in [0.2, 0.25) is 10.0 Å². The molecule has 0 aliphatic carbocycles. The lowest BCUT2D eigenvalue weighted by molar-refractivity contribution is 0.0939. The Morgan fingerprint density at radius 2 is 1.79 bits per heavy atom. The van der Waals surface area contributed by atoms with Crippen LogP contribution in [0.2, 0.25) is 0 Å². The van der Waals surface area contributed by atoms with Gasteiger partial charge >= 0.3 is 0 Å². The van der Waals surface area contributed by atoms with Gasteiger partial charge in [0.05, 0.1) is 10.9 Å². The maximum atomic E-state index is 12.5. The van der Waals surface area contributed by atoms with Crippen molar-refractivity contribution in [2.75, 3.05) is 14.1 Å². The van der Waals surface area contributed by atoms with Crippen LogP contribution in [0.15, 0.2) is 57.9 Å². The van der Waals surface area contributed by atoms with Crippen molar-refractivity contribution in [3.05, 3.63) is 64.1 Å². The maximum absolute atomic E-state index is 12.5. The summed E-state index contributed by atoms with van der Waals surface area (Å²) in [6, 6.07) is 13.4. The van der Waals surface area contributed by atoms with Gasteiger partial charge in [0.15, 0.2) is 0 Å². The molecule has 7 heteroatoms. The van der Waals surface area contributed by atoms with Crippen molar-refractivity contribution in [1.82, 2.24) is 9.62 Å². The van der Waals surface area contributed by atoms with E-state index in [4.69, 9.17) is 0 Å². The standard InChI is InChI=1S/C17H19BrN2O3S/c1-12(15-9-4-5-10-16(15)18)19-17(21)13-7-6-8-14(11-13)24(22,23)20(2)3/h4-12H,1-3H3,(H,19,21)/t12-/m1/s1. The van der Waals surface area contributed by atoms with E-state index in [9.17, 15) is 13.2 Å². The average molecular weight is 411 g/mol. The van der Waals surface area contributed by atoms with E-state index >= 15 is 0 Å². The number of hydrogen-bond donors (Lipinski definition) is 1. The third kappa shape index (κ3) is 4.03. The Kier molecular flexibility index (Phi) is 5.79. The molecule has 2 rings (SSSR count). The highest BCUT2D eigenvalue weighted by Gasteiger charge is 2.19. The largest absolute Gasteiger partial charge is 0.345 e. The molecule has 1 amide bonds. The number of carbonyl (C=O) groups excluding carboxylic acids is 1. The summed E-state index contributed by atoms with van der Waals surface area (Å²) in [4.78, 5) is 12.5. The lowest BCUT2D eigenvalue weighted by Gasteiger charge is -2.16. The quantitative estimate of drug-likeness (QED) is 0.822. The van der Waals surface area contributed by atoms with Gasteiger partial charge in [-0.2, -0.15) is 0 Å². The van der Waals surface area contributed by atoms with Gasteiger partial charge in [-0.15, -0.1) is 0 Å². The van der Waals surface area contributed by atoms with Gasteiger partial charge in [-0.3, -0.25) is 4.79 Å². The molecule has 0 unspecified atom stereocenters. The second kappa shape index (κ2) is 7.46. The van der Waals surface area contributed by atoms with Crippen molar-refractivity contribution in [3.63, 3.8) is 0 Å². The van der Waals surface area contributed by atoms with E-state index in [0.717, 1.165) is 14.3 Å². The molecule has 0 fully saturated rings. The Balaban J connectivity index is 2.24. The van der Waals surface area contributed by atoms with Crippen LogP contribution in [0, 0.1) is 0 Å². The van der Waals surface area contributed by atoms with Gasteiger partial charge in [-0.1, -0.05) is 40.2 Å². The van der Waals surface area contributed by atoms with Crippen molar-refractivity contribution in [3.8, 4) is 0 Å². The van der Waals surface area contributed by atoms with Crippen molar-refractivity contribution < 1.29 is 13.2 Å². The van der Waals surface area contributed by atoms with Crippen LogP contribution in [0.25, 0.3) is 0 Å². The van der Waals surface area contributed by atoms with Crippen LogP contribution in [-0.4, -0.2) is 32.7 Å². The number of benzene rings is 2. The van der Waals surface area contributed by atoms with Crippen molar-refractivity contribution in [1.29, 1.82) is 0 Å². The normalized spacial score (nSPS) is 12.9. The summed E-state index contributed by atoms with van der Waals surface area (Å²) in [7, 11) is -0.664.